The van der Waals surface area contributed by atoms with E-state index < -0.39 is 0 Å². The molecule has 22 heavy (non-hydrogen) atoms. The summed E-state index contributed by atoms with van der Waals surface area (Å²) >= 11 is 8.44. The fourth-order valence-electron chi connectivity index (χ4n) is 1.61. The van der Waals surface area contributed by atoms with E-state index in [0.717, 1.165) is 17.3 Å². The number of benzene rings is 1. The fraction of sp³-hybridized carbons (Fsp3) is 0.467. The lowest BCUT2D eigenvalue weighted by Gasteiger charge is -2.13. The molecule has 1 rings (SSSR count). The smallest absolute Gasteiger partial charge is 0.261 e. The van der Waals surface area contributed by atoms with Gasteiger partial charge in [-0.2, -0.15) is 0 Å². The van der Waals surface area contributed by atoms with Gasteiger partial charge in [0.05, 0.1) is 18.8 Å². The van der Waals surface area contributed by atoms with Crippen LogP contribution in [0.3, 0.4) is 0 Å². The van der Waals surface area contributed by atoms with Crippen LogP contribution < -0.4 is 15.4 Å². The maximum absolute atomic E-state index is 12.3. The second kappa shape index (κ2) is 10.5. The lowest BCUT2D eigenvalue weighted by molar-refractivity contribution is 0.0972. The predicted molar refractivity (Wildman–Crippen MR) is 94.5 cm³/mol. The van der Waals surface area contributed by atoms with Gasteiger partial charge in [0.25, 0.3) is 5.91 Å². The zero-order chi connectivity index (χ0) is 16.4. The van der Waals surface area contributed by atoms with Gasteiger partial charge >= 0.3 is 0 Å². The summed E-state index contributed by atoms with van der Waals surface area (Å²) in [6.45, 7) is 3.71. The molecule has 7 heteroatoms. The highest BCUT2D eigenvalue weighted by Crippen LogP contribution is 2.23. The van der Waals surface area contributed by atoms with E-state index in [1.807, 2.05) is 6.07 Å². The molecule has 0 saturated heterocycles. The zero-order valence-corrected chi connectivity index (χ0v) is 15.2. The van der Waals surface area contributed by atoms with Crippen LogP contribution in [-0.2, 0) is 4.74 Å². The third-order valence-corrected chi connectivity index (χ3v) is 3.50. The van der Waals surface area contributed by atoms with Gasteiger partial charge in [0.1, 0.15) is 5.75 Å². The number of unbranched alkanes of at least 4 members (excludes halogenated alkanes) is 1. The van der Waals surface area contributed by atoms with Gasteiger partial charge in [-0.1, -0.05) is 29.3 Å². The molecule has 0 heterocycles. The molecule has 0 fully saturated rings. The summed E-state index contributed by atoms with van der Waals surface area (Å²) in [6.07, 6.45) is 1.97. The van der Waals surface area contributed by atoms with Crippen LogP contribution in [0.1, 0.15) is 30.1 Å². The molecule has 0 aromatic heterocycles. The second-order valence-corrected chi connectivity index (χ2v) is 5.87. The number of hydrogen-bond donors (Lipinski definition) is 2. The van der Waals surface area contributed by atoms with Gasteiger partial charge in [-0.15, -0.1) is 0 Å². The molecule has 1 aromatic carbocycles. The average Bonchev–Trinajstić information content (AvgIpc) is 2.49. The lowest BCUT2D eigenvalue weighted by atomic mass is 10.2. The quantitative estimate of drug-likeness (QED) is 0.529. The summed E-state index contributed by atoms with van der Waals surface area (Å²) < 4.78 is 11.4. The molecular formula is C15H21BrN2O3S. The summed E-state index contributed by atoms with van der Waals surface area (Å²) in [5.74, 6) is 0.247. The van der Waals surface area contributed by atoms with E-state index in [1.165, 1.54) is 0 Å². The standard InChI is InChI=1S/C15H21BrN2O3S/c1-3-4-8-21-13-6-5-11(16)10-12(13)14(19)18-15(22)17-7-9-20-2/h5-6,10H,3-4,7-9H2,1-2H3,(H2,17,18,19,22). The van der Waals surface area contributed by atoms with Crippen molar-refractivity contribution in [1.82, 2.24) is 10.6 Å². The third kappa shape index (κ3) is 6.72. The van der Waals surface area contributed by atoms with Crippen LogP contribution >= 0.6 is 28.1 Å². The predicted octanol–water partition coefficient (Wildman–Crippen LogP) is 2.88. The molecule has 0 atom stereocenters. The third-order valence-electron chi connectivity index (χ3n) is 2.76. The highest BCUT2D eigenvalue weighted by atomic mass is 79.9. The fourth-order valence-corrected chi connectivity index (χ4v) is 2.17. The number of ether oxygens (including phenoxy) is 2. The van der Waals surface area contributed by atoms with E-state index in [-0.39, 0.29) is 11.0 Å². The summed E-state index contributed by atoms with van der Waals surface area (Å²) in [7, 11) is 1.60. The van der Waals surface area contributed by atoms with Gasteiger partial charge in [0.2, 0.25) is 0 Å². The Labute approximate surface area is 144 Å². The number of carbonyl (C=O) groups is 1. The van der Waals surface area contributed by atoms with Crippen LogP contribution in [0.2, 0.25) is 0 Å². The molecule has 2 N–H and O–H groups in total. The maximum atomic E-state index is 12.3. The molecule has 5 nitrogen and oxygen atoms in total. The summed E-state index contributed by atoms with van der Waals surface area (Å²) in [6, 6.07) is 5.33. The summed E-state index contributed by atoms with van der Waals surface area (Å²) in [4.78, 5) is 12.3. The van der Waals surface area contributed by atoms with Gasteiger partial charge < -0.3 is 14.8 Å². The van der Waals surface area contributed by atoms with Crippen molar-refractivity contribution in [3.63, 3.8) is 0 Å². The second-order valence-electron chi connectivity index (χ2n) is 4.55. The van der Waals surface area contributed by atoms with Gasteiger partial charge in [-0.3, -0.25) is 10.1 Å². The first-order chi connectivity index (χ1) is 10.6. The number of methoxy groups -OCH3 is 1. The minimum atomic E-state index is -0.303. The summed E-state index contributed by atoms with van der Waals surface area (Å²) in [5, 5.41) is 5.80. The van der Waals surface area contributed by atoms with Gasteiger partial charge in [0, 0.05) is 18.1 Å². The Hall–Kier alpha value is -1.18. The first-order valence-electron chi connectivity index (χ1n) is 7.09. The Morgan fingerprint density at radius 3 is 2.82 bits per heavy atom. The molecule has 0 aliphatic carbocycles. The number of nitrogens with one attached hydrogen (secondary N) is 2. The SMILES string of the molecule is CCCCOc1ccc(Br)cc1C(=O)NC(=S)NCCOC. The Kier molecular flexibility index (Phi) is 9.03. The molecule has 1 amide bonds. The van der Waals surface area contributed by atoms with Crippen LogP contribution in [0.15, 0.2) is 22.7 Å². The van der Waals surface area contributed by atoms with Crippen molar-refractivity contribution in [1.29, 1.82) is 0 Å². The molecule has 122 valence electrons. The van der Waals surface area contributed by atoms with E-state index in [9.17, 15) is 4.79 Å². The highest BCUT2D eigenvalue weighted by Gasteiger charge is 2.14. The first-order valence-corrected chi connectivity index (χ1v) is 8.29. The van der Waals surface area contributed by atoms with Gasteiger partial charge in [-0.25, -0.2) is 0 Å². The first kappa shape index (κ1) is 18.9. The average molecular weight is 389 g/mol. The number of halogens is 1. The molecule has 0 spiro atoms. The van der Waals surface area contributed by atoms with E-state index in [2.05, 4.69) is 33.5 Å². The molecule has 0 radical (unpaired) electrons. The van der Waals surface area contributed by atoms with Crippen molar-refractivity contribution in [3.8, 4) is 5.75 Å². The number of carbonyl (C=O) groups excluding carboxylic acids is 1. The lowest BCUT2D eigenvalue weighted by Crippen LogP contribution is -2.40. The zero-order valence-electron chi connectivity index (χ0n) is 12.8. The number of hydrogen-bond acceptors (Lipinski definition) is 4. The van der Waals surface area contributed by atoms with Crippen LogP contribution in [0.4, 0.5) is 0 Å². The number of amides is 1. The molecule has 0 saturated carbocycles. The van der Waals surface area contributed by atoms with Crippen molar-refractivity contribution in [3.05, 3.63) is 28.2 Å². The Morgan fingerprint density at radius 2 is 2.14 bits per heavy atom. The minimum absolute atomic E-state index is 0.265. The normalized spacial score (nSPS) is 10.1. The molecule has 1 aromatic rings. The molecule has 0 aliphatic heterocycles. The van der Waals surface area contributed by atoms with Crippen molar-refractivity contribution >= 4 is 39.2 Å². The van der Waals surface area contributed by atoms with Crippen LogP contribution in [0, 0.1) is 0 Å². The number of rotatable bonds is 8. The monoisotopic (exact) mass is 388 g/mol. The molecule has 0 aliphatic rings. The highest BCUT2D eigenvalue weighted by molar-refractivity contribution is 9.10. The largest absolute Gasteiger partial charge is 0.493 e. The molecule has 0 unspecified atom stereocenters. The Balaban J connectivity index is 2.69. The van der Waals surface area contributed by atoms with Gasteiger partial charge in [0.15, 0.2) is 5.11 Å². The van der Waals surface area contributed by atoms with Crippen molar-refractivity contribution < 1.29 is 14.3 Å². The van der Waals surface area contributed by atoms with E-state index in [1.54, 1.807) is 19.2 Å². The maximum Gasteiger partial charge on any atom is 0.261 e. The van der Waals surface area contributed by atoms with E-state index in [4.69, 9.17) is 21.7 Å². The van der Waals surface area contributed by atoms with Crippen LogP contribution in [0.5, 0.6) is 5.75 Å². The molecule has 0 bridgehead atoms. The Morgan fingerprint density at radius 1 is 1.36 bits per heavy atom. The topological polar surface area (TPSA) is 59.6 Å². The molecular weight excluding hydrogens is 368 g/mol. The van der Waals surface area contributed by atoms with E-state index in [0.29, 0.717) is 31.1 Å². The van der Waals surface area contributed by atoms with Gasteiger partial charge in [-0.05, 0) is 36.8 Å². The number of thiocarbonyl (C=S) groups is 1. The summed E-state index contributed by atoms with van der Waals surface area (Å²) in [5.41, 5.74) is 0.446. The minimum Gasteiger partial charge on any atom is -0.493 e. The van der Waals surface area contributed by atoms with Crippen LogP contribution in [0.25, 0.3) is 0 Å². The van der Waals surface area contributed by atoms with Crippen molar-refractivity contribution in [2.75, 3.05) is 26.9 Å². The van der Waals surface area contributed by atoms with E-state index >= 15 is 0 Å². The van der Waals surface area contributed by atoms with Crippen LogP contribution in [-0.4, -0.2) is 37.9 Å². The van der Waals surface area contributed by atoms with Crippen molar-refractivity contribution in [2.24, 2.45) is 0 Å². The van der Waals surface area contributed by atoms with Crippen molar-refractivity contribution in [2.45, 2.75) is 19.8 Å². The Bertz CT molecular complexity index is 512.